The number of hydrogen-bond donors (Lipinski definition) is 1. The lowest BCUT2D eigenvalue weighted by Gasteiger charge is -2.20. The van der Waals surface area contributed by atoms with E-state index in [1.165, 1.54) is 6.07 Å². The van der Waals surface area contributed by atoms with E-state index in [2.05, 4.69) is 5.32 Å². The first kappa shape index (κ1) is 19.6. The molecule has 2 rings (SSSR count). The number of anilines is 2. The lowest BCUT2D eigenvalue weighted by molar-refractivity contribution is -0.137. The maximum absolute atomic E-state index is 12.9. The molecule has 0 atom stereocenters. The van der Waals surface area contributed by atoms with Crippen LogP contribution >= 0.6 is 0 Å². The van der Waals surface area contributed by atoms with Crippen LogP contribution in [0, 0.1) is 13.8 Å². The summed E-state index contributed by atoms with van der Waals surface area (Å²) in [5.74, 6) is 0.00103. The number of halogens is 3. The SMILES string of the molecule is Cc1cc(C)cc(OCC(=O)Nc2cc(C(F)(F)F)ccc2N(C)C)c1. The number of rotatable bonds is 5. The van der Waals surface area contributed by atoms with Crippen molar-refractivity contribution in [3.63, 3.8) is 0 Å². The topological polar surface area (TPSA) is 41.6 Å². The molecule has 0 aromatic heterocycles. The van der Waals surface area contributed by atoms with Crippen molar-refractivity contribution < 1.29 is 22.7 Å². The van der Waals surface area contributed by atoms with E-state index in [1.54, 1.807) is 31.1 Å². The van der Waals surface area contributed by atoms with E-state index in [-0.39, 0.29) is 12.3 Å². The summed E-state index contributed by atoms with van der Waals surface area (Å²) in [7, 11) is 3.37. The maximum Gasteiger partial charge on any atom is 0.416 e. The van der Waals surface area contributed by atoms with Crippen molar-refractivity contribution in [3.05, 3.63) is 53.1 Å². The highest BCUT2D eigenvalue weighted by Crippen LogP contribution is 2.34. The van der Waals surface area contributed by atoms with Gasteiger partial charge in [0.15, 0.2) is 6.61 Å². The number of nitrogens with zero attached hydrogens (tertiary/aromatic N) is 1. The van der Waals surface area contributed by atoms with Crippen molar-refractivity contribution in [1.82, 2.24) is 0 Å². The van der Waals surface area contributed by atoms with Crippen LogP contribution < -0.4 is 15.0 Å². The Balaban J connectivity index is 2.14. The third kappa shape index (κ3) is 5.15. The number of aryl methyl sites for hydroxylation is 2. The van der Waals surface area contributed by atoms with Gasteiger partial charge in [-0.1, -0.05) is 6.07 Å². The van der Waals surface area contributed by atoms with E-state index in [0.29, 0.717) is 11.4 Å². The second kappa shape index (κ2) is 7.68. The van der Waals surface area contributed by atoms with Crippen molar-refractivity contribution in [2.75, 3.05) is 30.9 Å². The predicted molar refractivity (Wildman–Crippen MR) is 95.8 cm³/mol. The molecule has 0 aliphatic heterocycles. The molecule has 0 unspecified atom stereocenters. The number of carbonyl (C=O) groups is 1. The highest BCUT2D eigenvalue weighted by Gasteiger charge is 2.31. The lowest BCUT2D eigenvalue weighted by Crippen LogP contribution is -2.22. The molecule has 0 saturated carbocycles. The molecule has 4 nitrogen and oxygen atoms in total. The fraction of sp³-hybridized carbons (Fsp3) is 0.316. The Morgan fingerprint density at radius 1 is 1.08 bits per heavy atom. The Kier molecular flexibility index (Phi) is 5.79. The molecule has 0 radical (unpaired) electrons. The molecule has 7 heteroatoms. The number of nitrogens with one attached hydrogen (secondary N) is 1. The average molecular weight is 366 g/mol. The molecule has 0 spiro atoms. The van der Waals surface area contributed by atoms with Crippen LogP contribution in [-0.4, -0.2) is 26.6 Å². The molecule has 1 amide bonds. The third-order valence-corrected chi connectivity index (χ3v) is 3.64. The maximum atomic E-state index is 12.9. The number of carbonyl (C=O) groups excluding carboxylic acids is 1. The van der Waals surface area contributed by atoms with Gasteiger partial charge in [-0.3, -0.25) is 4.79 Å². The number of benzene rings is 2. The Morgan fingerprint density at radius 2 is 1.69 bits per heavy atom. The third-order valence-electron chi connectivity index (χ3n) is 3.64. The summed E-state index contributed by atoms with van der Waals surface area (Å²) in [6.07, 6.45) is -4.49. The van der Waals surface area contributed by atoms with Crippen LogP contribution in [0.3, 0.4) is 0 Å². The zero-order valence-electron chi connectivity index (χ0n) is 15.1. The average Bonchev–Trinajstić information content (AvgIpc) is 2.51. The van der Waals surface area contributed by atoms with Gasteiger partial charge in [-0.05, 0) is 55.3 Å². The summed E-state index contributed by atoms with van der Waals surface area (Å²) in [5.41, 5.74) is 1.71. The van der Waals surface area contributed by atoms with Gasteiger partial charge in [0.1, 0.15) is 5.75 Å². The summed E-state index contributed by atoms with van der Waals surface area (Å²) in [6, 6.07) is 8.77. The standard InChI is InChI=1S/C19H21F3N2O2/c1-12-7-13(2)9-15(8-12)26-11-18(25)23-16-10-14(19(20,21)22)5-6-17(16)24(3)4/h5-10H,11H2,1-4H3,(H,23,25). The first-order valence-electron chi connectivity index (χ1n) is 7.96. The molecule has 0 bridgehead atoms. The Hall–Kier alpha value is -2.70. The molecular formula is C19H21F3N2O2. The van der Waals surface area contributed by atoms with Crippen LogP contribution in [0.4, 0.5) is 24.5 Å². The molecule has 0 aliphatic carbocycles. The van der Waals surface area contributed by atoms with Gasteiger partial charge in [-0.25, -0.2) is 0 Å². The second-order valence-corrected chi connectivity index (χ2v) is 6.28. The minimum Gasteiger partial charge on any atom is -0.484 e. The highest BCUT2D eigenvalue weighted by molar-refractivity contribution is 5.95. The Labute approximate surface area is 150 Å². The highest BCUT2D eigenvalue weighted by atomic mass is 19.4. The van der Waals surface area contributed by atoms with Crippen LogP contribution in [0.1, 0.15) is 16.7 Å². The first-order chi connectivity index (χ1) is 12.1. The van der Waals surface area contributed by atoms with Gasteiger partial charge in [0.25, 0.3) is 5.91 Å². The summed E-state index contributed by atoms with van der Waals surface area (Å²) in [5, 5.41) is 2.50. The van der Waals surface area contributed by atoms with Crippen molar-refractivity contribution in [2.45, 2.75) is 20.0 Å². The minimum atomic E-state index is -4.49. The molecular weight excluding hydrogens is 345 g/mol. The van der Waals surface area contributed by atoms with Crippen molar-refractivity contribution in [2.24, 2.45) is 0 Å². The number of hydrogen-bond acceptors (Lipinski definition) is 3. The van der Waals surface area contributed by atoms with Gasteiger partial charge in [-0.15, -0.1) is 0 Å². The second-order valence-electron chi connectivity index (χ2n) is 6.28. The molecule has 140 valence electrons. The summed E-state index contributed by atoms with van der Waals surface area (Å²) in [4.78, 5) is 13.8. The fourth-order valence-electron chi connectivity index (χ4n) is 2.55. The molecule has 0 fully saturated rings. The van der Waals surface area contributed by atoms with Crippen molar-refractivity contribution in [3.8, 4) is 5.75 Å². The molecule has 0 aliphatic rings. The fourth-order valence-corrected chi connectivity index (χ4v) is 2.55. The number of amides is 1. The Bertz CT molecular complexity index is 782. The number of alkyl halides is 3. The van der Waals surface area contributed by atoms with Crippen molar-refractivity contribution in [1.29, 1.82) is 0 Å². The first-order valence-corrected chi connectivity index (χ1v) is 7.96. The zero-order chi connectivity index (χ0) is 19.5. The monoisotopic (exact) mass is 366 g/mol. The normalized spacial score (nSPS) is 11.2. The summed E-state index contributed by atoms with van der Waals surface area (Å²) in [6.45, 7) is 3.52. The Morgan fingerprint density at radius 3 is 2.23 bits per heavy atom. The van der Waals surface area contributed by atoms with E-state index >= 15 is 0 Å². The zero-order valence-corrected chi connectivity index (χ0v) is 15.1. The summed E-state index contributed by atoms with van der Waals surface area (Å²) < 4.78 is 44.2. The van der Waals surface area contributed by atoms with E-state index in [4.69, 9.17) is 4.74 Å². The van der Waals surface area contributed by atoms with Crippen LogP contribution in [0.25, 0.3) is 0 Å². The minimum absolute atomic E-state index is 0.0823. The predicted octanol–water partition coefficient (Wildman–Crippen LogP) is 4.41. The molecule has 2 aromatic carbocycles. The summed E-state index contributed by atoms with van der Waals surface area (Å²) >= 11 is 0. The van der Waals surface area contributed by atoms with Crippen LogP contribution in [0.15, 0.2) is 36.4 Å². The molecule has 0 heterocycles. The van der Waals surface area contributed by atoms with Crippen molar-refractivity contribution >= 4 is 17.3 Å². The lowest BCUT2D eigenvalue weighted by atomic mass is 10.1. The molecule has 1 N–H and O–H groups in total. The van der Waals surface area contributed by atoms with E-state index in [1.807, 2.05) is 19.9 Å². The van der Waals surface area contributed by atoms with E-state index in [9.17, 15) is 18.0 Å². The van der Waals surface area contributed by atoms with Gasteiger partial charge < -0.3 is 15.0 Å². The van der Waals surface area contributed by atoms with Crippen LogP contribution in [0.2, 0.25) is 0 Å². The molecule has 0 saturated heterocycles. The van der Waals surface area contributed by atoms with Gasteiger partial charge in [0, 0.05) is 14.1 Å². The van der Waals surface area contributed by atoms with E-state index < -0.39 is 17.6 Å². The van der Waals surface area contributed by atoms with Gasteiger partial charge >= 0.3 is 6.18 Å². The van der Waals surface area contributed by atoms with Gasteiger partial charge in [0.05, 0.1) is 16.9 Å². The largest absolute Gasteiger partial charge is 0.484 e. The number of ether oxygens (including phenoxy) is 1. The van der Waals surface area contributed by atoms with Gasteiger partial charge in [0.2, 0.25) is 0 Å². The van der Waals surface area contributed by atoms with Crippen LogP contribution in [0.5, 0.6) is 5.75 Å². The quantitative estimate of drug-likeness (QED) is 0.853. The smallest absolute Gasteiger partial charge is 0.416 e. The molecule has 2 aromatic rings. The van der Waals surface area contributed by atoms with Gasteiger partial charge in [-0.2, -0.15) is 13.2 Å². The van der Waals surface area contributed by atoms with Crippen LogP contribution in [-0.2, 0) is 11.0 Å². The molecule has 26 heavy (non-hydrogen) atoms. The van der Waals surface area contributed by atoms with E-state index in [0.717, 1.165) is 23.3 Å².